The standard InChI is InChI=1S/C36H36ClFN8O5/c37-27-17-26(4-1-22(27)18-39)51-25-5-2-24(3-6-25)46-32(47)10-8-30(35(46)49)45-20-23-15-21(16-28(38)33(23)36(45)50)19-43-11-13-44(14-12-43)31-9-7-29(34(40)48)41-42-31/h1,4,7,9,15-17,24-25,30H,2-3,5-6,8,10-14,19-20H2,(H2,40,48). The van der Waals surface area contributed by atoms with Crippen molar-refractivity contribution in [1.82, 2.24) is 24.9 Å². The van der Waals surface area contributed by atoms with Crippen molar-refractivity contribution in [2.24, 2.45) is 5.73 Å². The minimum Gasteiger partial charge on any atom is -0.490 e. The predicted molar refractivity (Wildman–Crippen MR) is 182 cm³/mol. The topological polar surface area (TPSA) is 166 Å². The van der Waals surface area contributed by atoms with Gasteiger partial charge in [-0.05, 0) is 73.6 Å². The van der Waals surface area contributed by atoms with E-state index < -0.39 is 29.6 Å². The van der Waals surface area contributed by atoms with E-state index >= 15 is 4.39 Å². The number of aromatic nitrogens is 2. The third kappa shape index (κ3) is 6.96. The lowest BCUT2D eigenvalue weighted by Gasteiger charge is -2.41. The SMILES string of the molecule is N#Cc1ccc(OC2CCC(N3C(=O)CCC(N4Cc5cc(CN6CCN(c7ccc(C(N)=O)nn7)CC6)cc(F)c5C4=O)C3=O)CC2)cc1Cl. The average molecular weight is 715 g/mol. The minimum absolute atomic E-state index is 0.0154. The molecule has 0 spiro atoms. The van der Waals surface area contributed by atoms with E-state index in [1.54, 1.807) is 30.3 Å². The van der Waals surface area contributed by atoms with Crippen molar-refractivity contribution >= 4 is 41.0 Å². The van der Waals surface area contributed by atoms with E-state index in [1.807, 2.05) is 12.1 Å². The highest BCUT2D eigenvalue weighted by Gasteiger charge is 2.46. The molecule has 3 aromatic rings. The first kappa shape index (κ1) is 34.3. The summed E-state index contributed by atoms with van der Waals surface area (Å²) < 4.78 is 21.6. The molecule has 0 radical (unpaired) electrons. The molecule has 4 aliphatic rings. The molecular formula is C36H36ClFN8O5. The number of hydrogen-bond acceptors (Lipinski definition) is 10. The number of amides is 4. The van der Waals surface area contributed by atoms with Crippen molar-refractivity contribution in [2.75, 3.05) is 31.1 Å². The molecule has 3 aliphatic heterocycles. The molecule has 2 N–H and O–H groups in total. The van der Waals surface area contributed by atoms with Gasteiger partial charge in [-0.15, -0.1) is 10.2 Å². The molecule has 1 aliphatic carbocycles. The Morgan fingerprint density at radius 2 is 1.76 bits per heavy atom. The smallest absolute Gasteiger partial charge is 0.269 e. The van der Waals surface area contributed by atoms with Crippen LogP contribution in [-0.4, -0.2) is 92.9 Å². The number of likely N-dealkylation sites (tertiary alicyclic amines) is 1. The van der Waals surface area contributed by atoms with Crippen molar-refractivity contribution in [3.63, 3.8) is 0 Å². The molecule has 0 bridgehead atoms. The number of nitrogens with zero attached hydrogens (tertiary/aromatic N) is 7. The maximum atomic E-state index is 15.5. The zero-order valence-electron chi connectivity index (χ0n) is 27.8. The second-order valence-corrected chi connectivity index (χ2v) is 13.8. The van der Waals surface area contributed by atoms with Crippen molar-refractivity contribution < 1.29 is 28.3 Å². The number of ether oxygens (including phenoxy) is 1. The first-order valence-corrected chi connectivity index (χ1v) is 17.4. The van der Waals surface area contributed by atoms with Gasteiger partial charge in [-0.3, -0.25) is 29.0 Å². The van der Waals surface area contributed by atoms with E-state index in [0.29, 0.717) is 86.1 Å². The van der Waals surface area contributed by atoms with Crippen LogP contribution in [0.2, 0.25) is 5.02 Å². The summed E-state index contributed by atoms with van der Waals surface area (Å²) in [7, 11) is 0. The van der Waals surface area contributed by atoms with Crippen LogP contribution in [0, 0.1) is 17.1 Å². The lowest BCUT2D eigenvalue weighted by molar-refractivity contribution is -0.156. The maximum Gasteiger partial charge on any atom is 0.269 e. The fourth-order valence-electron chi connectivity index (χ4n) is 7.58. The number of hydrogen-bond donors (Lipinski definition) is 1. The number of fused-ring (bicyclic) bond motifs is 1. The van der Waals surface area contributed by atoms with Gasteiger partial charge in [0.2, 0.25) is 5.91 Å². The molecule has 15 heteroatoms. The van der Waals surface area contributed by atoms with Gasteiger partial charge in [0.15, 0.2) is 11.5 Å². The number of primary amides is 1. The lowest BCUT2D eigenvalue weighted by Crippen LogP contribution is -2.58. The normalized spacial score (nSPS) is 22.6. The van der Waals surface area contributed by atoms with Gasteiger partial charge in [0.25, 0.3) is 17.7 Å². The van der Waals surface area contributed by atoms with Crippen LogP contribution in [0.15, 0.2) is 42.5 Å². The average Bonchev–Trinajstić information content (AvgIpc) is 3.45. The molecule has 13 nitrogen and oxygen atoms in total. The van der Waals surface area contributed by atoms with Crippen LogP contribution in [-0.2, 0) is 22.7 Å². The number of nitriles is 1. The zero-order valence-corrected chi connectivity index (χ0v) is 28.5. The molecule has 7 rings (SSSR count). The summed E-state index contributed by atoms with van der Waals surface area (Å²) in [5, 5.41) is 17.4. The molecule has 4 heterocycles. The highest BCUT2D eigenvalue weighted by atomic mass is 35.5. The fraction of sp³-hybridized carbons (Fsp3) is 0.417. The van der Waals surface area contributed by atoms with Gasteiger partial charge in [0.05, 0.1) is 22.3 Å². The molecule has 51 heavy (non-hydrogen) atoms. The Labute approximate surface area is 298 Å². The van der Waals surface area contributed by atoms with Gasteiger partial charge in [0.1, 0.15) is 23.7 Å². The number of rotatable bonds is 8. The Hall–Kier alpha value is -5.13. The number of piperidine rings is 1. The van der Waals surface area contributed by atoms with E-state index in [0.717, 1.165) is 5.56 Å². The third-order valence-corrected chi connectivity index (χ3v) is 10.5. The Morgan fingerprint density at radius 1 is 1.00 bits per heavy atom. The lowest BCUT2D eigenvalue weighted by atomic mass is 9.89. The molecule has 4 amide bonds. The van der Waals surface area contributed by atoms with Crippen LogP contribution in [0.5, 0.6) is 5.75 Å². The first-order valence-electron chi connectivity index (χ1n) is 17.0. The number of piperazine rings is 1. The van der Waals surface area contributed by atoms with E-state index in [4.69, 9.17) is 27.3 Å². The molecule has 1 unspecified atom stereocenters. The minimum atomic E-state index is -0.853. The largest absolute Gasteiger partial charge is 0.490 e. The summed E-state index contributed by atoms with van der Waals surface area (Å²) >= 11 is 6.15. The van der Waals surface area contributed by atoms with Crippen LogP contribution < -0.4 is 15.4 Å². The van der Waals surface area contributed by atoms with Crippen LogP contribution >= 0.6 is 11.6 Å². The number of halogens is 2. The van der Waals surface area contributed by atoms with Crippen molar-refractivity contribution in [1.29, 1.82) is 5.26 Å². The van der Waals surface area contributed by atoms with E-state index in [9.17, 15) is 19.2 Å². The molecule has 1 aromatic heterocycles. The second-order valence-electron chi connectivity index (χ2n) is 13.4. The Balaban J connectivity index is 0.958. The third-order valence-electron chi connectivity index (χ3n) is 10.2. The van der Waals surface area contributed by atoms with Crippen LogP contribution in [0.25, 0.3) is 0 Å². The van der Waals surface area contributed by atoms with E-state index in [2.05, 4.69) is 20.0 Å². The highest BCUT2D eigenvalue weighted by molar-refractivity contribution is 6.31. The highest BCUT2D eigenvalue weighted by Crippen LogP contribution is 2.35. The van der Waals surface area contributed by atoms with Crippen molar-refractivity contribution in [2.45, 2.75) is 69.8 Å². The van der Waals surface area contributed by atoms with Crippen LogP contribution in [0.3, 0.4) is 0 Å². The predicted octanol–water partition coefficient (Wildman–Crippen LogP) is 3.43. The maximum absolute atomic E-state index is 15.5. The summed E-state index contributed by atoms with van der Waals surface area (Å²) in [6.07, 6.45) is 2.50. The summed E-state index contributed by atoms with van der Waals surface area (Å²) in [5.74, 6) is -1.25. The summed E-state index contributed by atoms with van der Waals surface area (Å²) in [6, 6.07) is 12.3. The zero-order chi connectivity index (χ0) is 35.8. The first-order chi connectivity index (χ1) is 24.6. The van der Waals surface area contributed by atoms with Gasteiger partial charge >= 0.3 is 0 Å². The molecule has 264 valence electrons. The van der Waals surface area contributed by atoms with Gasteiger partial charge < -0.3 is 20.3 Å². The molecule has 1 atom stereocenters. The fourth-order valence-corrected chi connectivity index (χ4v) is 7.80. The summed E-state index contributed by atoms with van der Waals surface area (Å²) in [6.45, 7) is 3.25. The number of anilines is 1. The molecule has 3 fully saturated rings. The summed E-state index contributed by atoms with van der Waals surface area (Å²) in [5.41, 5.74) is 6.97. The number of benzene rings is 2. The second kappa shape index (κ2) is 14.2. The number of nitrogens with two attached hydrogens (primary N) is 1. The molecule has 1 saturated carbocycles. The van der Waals surface area contributed by atoms with Crippen molar-refractivity contribution in [3.05, 3.63) is 81.3 Å². The summed E-state index contributed by atoms with van der Waals surface area (Å²) in [4.78, 5) is 58.8. The van der Waals surface area contributed by atoms with Gasteiger partial charge in [-0.2, -0.15) is 5.26 Å². The van der Waals surface area contributed by atoms with E-state index in [1.165, 1.54) is 15.9 Å². The van der Waals surface area contributed by atoms with Gasteiger partial charge in [-0.1, -0.05) is 17.7 Å². The Morgan fingerprint density at radius 3 is 2.43 bits per heavy atom. The molecular weight excluding hydrogens is 679 g/mol. The Kier molecular flexibility index (Phi) is 9.58. The Bertz CT molecular complexity index is 1920. The van der Waals surface area contributed by atoms with Crippen molar-refractivity contribution in [3.8, 4) is 11.8 Å². The number of imide groups is 1. The molecule has 2 saturated heterocycles. The molecule has 2 aromatic carbocycles. The number of carbonyl (C=O) groups is 4. The van der Waals surface area contributed by atoms with Crippen LogP contribution in [0.4, 0.5) is 10.2 Å². The van der Waals surface area contributed by atoms with Gasteiger partial charge in [0, 0.05) is 57.8 Å². The number of carbonyl (C=O) groups excluding carboxylic acids is 4. The van der Waals surface area contributed by atoms with Gasteiger partial charge in [-0.25, -0.2) is 4.39 Å². The monoisotopic (exact) mass is 714 g/mol. The van der Waals surface area contributed by atoms with Crippen LogP contribution in [0.1, 0.15) is 76.1 Å². The quantitative estimate of drug-likeness (QED) is 0.342. The van der Waals surface area contributed by atoms with E-state index in [-0.39, 0.29) is 48.7 Å².